The van der Waals surface area contributed by atoms with E-state index in [9.17, 15) is 4.79 Å². The van der Waals surface area contributed by atoms with Crippen LogP contribution in [0.3, 0.4) is 0 Å². The van der Waals surface area contributed by atoms with Crippen molar-refractivity contribution in [3.8, 4) is 0 Å². The molecule has 0 aliphatic rings. The number of hydrogen-bond donors (Lipinski definition) is 2. The molecule has 19 heavy (non-hydrogen) atoms. The smallest absolute Gasteiger partial charge is 0.242 e. The third-order valence-corrected chi connectivity index (χ3v) is 2.65. The van der Waals surface area contributed by atoms with E-state index in [1.54, 1.807) is 30.0 Å². The van der Waals surface area contributed by atoms with E-state index in [0.29, 0.717) is 23.9 Å². The van der Waals surface area contributed by atoms with Crippen LogP contribution in [0.15, 0.2) is 18.7 Å². The van der Waals surface area contributed by atoms with E-state index in [2.05, 4.69) is 39.7 Å². The van der Waals surface area contributed by atoms with Crippen molar-refractivity contribution in [1.29, 1.82) is 0 Å². The van der Waals surface area contributed by atoms with Crippen molar-refractivity contribution >= 4 is 17.4 Å². The molecule has 0 radical (unpaired) electrons. The van der Waals surface area contributed by atoms with Crippen LogP contribution in [0, 0.1) is 5.92 Å². The van der Waals surface area contributed by atoms with Crippen molar-refractivity contribution in [2.45, 2.75) is 26.8 Å². The van der Waals surface area contributed by atoms with Crippen LogP contribution in [0.4, 0.5) is 5.82 Å². The maximum absolute atomic E-state index is 11.9. The molecule has 2 heterocycles. The second-order valence-electron chi connectivity index (χ2n) is 4.84. The van der Waals surface area contributed by atoms with E-state index >= 15 is 0 Å². The van der Waals surface area contributed by atoms with Crippen molar-refractivity contribution in [1.82, 2.24) is 24.9 Å². The standard InChI is InChI=1S/C12H18N6O/c1-8(2)6-14-12(19)9(3)16-10-11-17-15-7-18(11)5-4-13-10/h4-5,7-9H,6H2,1-3H3,(H,13,16)(H,14,19). The third-order valence-electron chi connectivity index (χ3n) is 2.65. The summed E-state index contributed by atoms with van der Waals surface area (Å²) in [6.45, 7) is 6.55. The quantitative estimate of drug-likeness (QED) is 0.828. The normalized spacial score (nSPS) is 12.6. The zero-order chi connectivity index (χ0) is 13.8. The molecule has 2 N–H and O–H groups in total. The van der Waals surface area contributed by atoms with E-state index in [1.165, 1.54) is 0 Å². The second-order valence-corrected chi connectivity index (χ2v) is 4.84. The van der Waals surface area contributed by atoms with Gasteiger partial charge in [0.05, 0.1) is 0 Å². The predicted molar refractivity (Wildman–Crippen MR) is 71.7 cm³/mol. The Kier molecular flexibility index (Phi) is 3.94. The molecule has 0 aliphatic carbocycles. The van der Waals surface area contributed by atoms with Crippen molar-refractivity contribution in [3.63, 3.8) is 0 Å². The molecule has 0 aliphatic heterocycles. The number of fused-ring (bicyclic) bond motifs is 1. The minimum atomic E-state index is -0.380. The predicted octanol–water partition coefficient (Wildman–Crippen LogP) is 0.697. The van der Waals surface area contributed by atoms with Gasteiger partial charge in [-0.2, -0.15) is 0 Å². The molecule has 1 unspecified atom stereocenters. The fourth-order valence-electron chi connectivity index (χ4n) is 1.59. The van der Waals surface area contributed by atoms with Gasteiger partial charge < -0.3 is 10.6 Å². The summed E-state index contributed by atoms with van der Waals surface area (Å²) in [5.41, 5.74) is 0.603. The first-order valence-corrected chi connectivity index (χ1v) is 6.26. The Morgan fingerprint density at radius 3 is 2.95 bits per heavy atom. The fraction of sp³-hybridized carbons (Fsp3) is 0.500. The molecule has 0 spiro atoms. The SMILES string of the molecule is CC(C)CNC(=O)C(C)Nc1nccn2cnnc12. The number of nitrogens with zero attached hydrogens (tertiary/aromatic N) is 4. The van der Waals surface area contributed by atoms with Gasteiger partial charge in [-0.25, -0.2) is 4.98 Å². The Morgan fingerprint density at radius 1 is 1.42 bits per heavy atom. The van der Waals surface area contributed by atoms with E-state index in [0.717, 1.165) is 0 Å². The molecule has 7 heteroatoms. The summed E-state index contributed by atoms with van der Waals surface area (Å²) in [6.07, 6.45) is 4.98. The largest absolute Gasteiger partial charge is 0.355 e. The Labute approximate surface area is 111 Å². The van der Waals surface area contributed by atoms with Crippen molar-refractivity contribution in [2.75, 3.05) is 11.9 Å². The van der Waals surface area contributed by atoms with Crippen LogP contribution >= 0.6 is 0 Å². The Bertz CT molecular complexity index is 564. The van der Waals surface area contributed by atoms with Gasteiger partial charge >= 0.3 is 0 Å². The molecular weight excluding hydrogens is 244 g/mol. The molecule has 2 aromatic heterocycles. The Hall–Kier alpha value is -2.18. The number of anilines is 1. The zero-order valence-electron chi connectivity index (χ0n) is 11.3. The van der Waals surface area contributed by atoms with Gasteiger partial charge in [0.15, 0.2) is 5.82 Å². The van der Waals surface area contributed by atoms with Crippen LogP contribution in [0.25, 0.3) is 5.65 Å². The molecule has 0 aromatic carbocycles. The molecule has 0 fully saturated rings. The van der Waals surface area contributed by atoms with Gasteiger partial charge in [-0.3, -0.25) is 9.20 Å². The van der Waals surface area contributed by atoms with Gasteiger partial charge in [0.25, 0.3) is 0 Å². The number of aromatic nitrogens is 4. The molecule has 0 saturated heterocycles. The lowest BCUT2D eigenvalue weighted by atomic mass is 10.2. The van der Waals surface area contributed by atoms with Gasteiger partial charge in [-0.15, -0.1) is 10.2 Å². The first-order chi connectivity index (χ1) is 9.08. The van der Waals surface area contributed by atoms with Gasteiger partial charge in [0.2, 0.25) is 11.6 Å². The van der Waals surface area contributed by atoms with Crippen molar-refractivity contribution in [2.24, 2.45) is 5.92 Å². The van der Waals surface area contributed by atoms with Crippen LogP contribution in [0.1, 0.15) is 20.8 Å². The summed E-state index contributed by atoms with van der Waals surface area (Å²) in [5.74, 6) is 0.915. The summed E-state index contributed by atoms with van der Waals surface area (Å²) in [7, 11) is 0. The summed E-state index contributed by atoms with van der Waals surface area (Å²) in [5, 5.41) is 13.7. The van der Waals surface area contributed by atoms with Crippen molar-refractivity contribution < 1.29 is 4.79 Å². The third kappa shape index (κ3) is 3.18. The van der Waals surface area contributed by atoms with Gasteiger partial charge in [-0.1, -0.05) is 13.8 Å². The highest BCUT2D eigenvalue weighted by molar-refractivity contribution is 5.84. The molecule has 1 amide bonds. The Morgan fingerprint density at radius 2 is 2.21 bits per heavy atom. The lowest BCUT2D eigenvalue weighted by Crippen LogP contribution is -2.39. The van der Waals surface area contributed by atoms with Gasteiger partial charge in [0.1, 0.15) is 12.4 Å². The molecule has 2 aromatic rings. The highest BCUT2D eigenvalue weighted by atomic mass is 16.2. The second kappa shape index (κ2) is 5.64. The number of hydrogen-bond acceptors (Lipinski definition) is 5. The van der Waals surface area contributed by atoms with Gasteiger partial charge in [-0.05, 0) is 12.8 Å². The Balaban J connectivity index is 2.04. The molecular formula is C12H18N6O. The molecule has 0 saturated carbocycles. The van der Waals surface area contributed by atoms with Crippen LogP contribution in [-0.4, -0.2) is 38.1 Å². The topological polar surface area (TPSA) is 84.2 Å². The highest BCUT2D eigenvalue weighted by Crippen LogP contribution is 2.10. The van der Waals surface area contributed by atoms with E-state index < -0.39 is 0 Å². The maximum Gasteiger partial charge on any atom is 0.242 e. The minimum absolute atomic E-state index is 0.0583. The lowest BCUT2D eigenvalue weighted by molar-refractivity contribution is -0.121. The molecule has 2 rings (SSSR count). The van der Waals surface area contributed by atoms with Crippen LogP contribution in [-0.2, 0) is 4.79 Å². The van der Waals surface area contributed by atoms with E-state index in [1.807, 2.05) is 0 Å². The minimum Gasteiger partial charge on any atom is -0.355 e. The lowest BCUT2D eigenvalue weighted by Gasteiger charge is -2.15. The summed E-state index contributed by atoms with van der Waals surface area (Å²) in [4.78, 5) is 16.1. The zero-order valence-corrected chi connectivity index (χ0v) is 11.3. The molecule has 1 atom stereocenters. The summed E-state index contributed by atoms with van der Waals surface area (Å²) < 4.78 is 1.74. The van der Waals surface area contributed by atoms with E-state index in [-0.39, 0.29) is 11.9 Å². The molecule has 7 nitrogen and oxygen atoms in total. The van der Waals surface area contributed by atoms with Crippen LogP contribution in [0.5, 0.6) is 0 Å². The average Bonchev–Trinajstić information content (AvgIpc) is 2.85. The molecule has 102 valence electrons. The van der Waals surface area contributed by atoms with E-state index in [4.69, 9.17) is 0 Å². The van der Waals surface area contributed by atoms with Gasteiger partial charge in [0, 0.05) is 18.9 Å². The number of rotatable bonds is 5. The first-order valence-electron chi connectivity index (χ1n) is 6.26. The van der Waals surface area contributed by atoms with Crippen molar-refractivity contribution in [3.05, 3.63) is 18.7 Å². The highest BCUT2D eigenvalue weighted by Gasteiger charge is 2.15. The van der Waals surface area contributed by atoms with Crippen LogP contribution < -0.4 is 10.6 Å². The number of carbonyl (C=O) groups excluding carboxylic acids is 1. The number of nitrogens with one attached hydrogen (secondary N) is 2. The fourth-order valence-corrected chi connectivity index (χ4v) is 1.59. The number of amides is 1. The van der Waals surface area contributed by atoms with Crippen LogP contribution in [0.2, 0.25) is 0 Å². The average molecular weight is 262 g/mol. The summed E-state index contributed by atoms with van der Waals surface area (Å²) in [6, 6.07) is -0.380. The monoisotopic (exact) mass is 262 g/mol. The first kappa shape index (κ1) is 13.3. The maximum atomic E-state index is 11.9. The molecule has 0 bridgehead atoms. The summed E-state index contributed by atoms with van der Waals surface area (Å²) >= 11 is 0. The number of carbonyl (C=O) groups is 1.